The van der Waals surface area contributed by atoms with Crippen molar-refractivity contribution < 1.29 is 78.1 Å². The van der Waals surface area contributed by atoms with Crippen LogP contribution < -0.4 is 58.7 Å². The lowest BCUT2D eigenvalue weighted by atomic mass is 9.77. The first-order valence-electron chi connectivity index (χ1n) is 31.5. The molecule has 5 aromatic carbocycles. The predicted molar refractivity (Wildman–Crippen MR) is 360 cm³/mol. The highest BCUT2D eigenvalue weighted by Gasteiger charge is 2.54. The lowest BCUT2D eigenvalue weighted by Crippen LogP contribution is -2.52. The molecular weight excluding hydrogens is 1320 g/mol. The zero-order chi connectivity index (χ0) is 71.0. The molecule has 5 amide bonds. The van der Waals surface area contributed by atoms with Crippen LogP contribution in [0.2, 0.25) is 0 Å². The van der Waals surface area contributed by atoms with Gasteiger partial charge in [0.2, 0.25) is 23.6 Å². The van der Waals surface area contributed by atoms with E-state index in [0.717, 1.165) is 0 Å². The summed E-state index contributed by atoms with van der Waals surface area (Å²) in [6.07, 6.45) is 3.40. The van der Waals surface area contributed by atoms with E-state index < -0.39 is 83.7 Å². The van der Waals surface area contributed by atoms with Gasteiger partial charge in [-0.2, -0.15) is 9.97 Å². The Hall–Kier alpha value is -12.3. The summed E-state index contributed by atoms with van der Waals surface area (Å²) in [7, 11) is 0. The quantitative estimate of drug-likeness (QED) is 0.0166. The number of hydrogen-bond donors (Lipinski definition) is 15. The fraction of sp³-hybridized carbons (Fsp3) is 0.288. The minimum Gasteiger partial charge on any atom is -0.508 e. The number of carboxylic acid groups (broad SMARTS) is 2. The maximum Gasteiger partial charge on any atom is 0.407 e. The van der Waals surface area contributed by atoms with Crippen LogP contribution in [0.4, 0.5) is 22.1 Å². The number of aromatic nitrogens is 7. The van der Waals surface area contributed by atoms with Gasteiger partial charge in [0.05, 0.1) is 48.2 Å². The van der Waals surface area contributed by atoms with Crippen LogP contribution in [-0.4, -0.2) is 164 Å². The van der Waals surface area contributed by atoms with Crippen LogP contribution in [0.1, 0.15) is 111 Å². The molecular formula is C66H69N17O16S. The van der Waals surface area contributed by atoms with E-state index >= 15 is 0 Å². The number of aromatic hydroxyl groups is 3. The van der Waals surface area contributed by atoms with E-state index in [1.54, 1.807) is 72.9 Å². The highest BCUT2D eigenvalue weighted by molar-refractivity contribution is 7.80. The van der Waals surface area contributed by atoms with E-state index in [4.69, 9.17) is 37.9 Å². The first kappa shape index (κ1) is 70.5. The van der Waals surface area contributed by atoms with Crippen molar-refractivity contribution in [3.05, 3.63) is 160 Å². The lowest BCUT2D eigenvalue weighted by molar-refractivity contribution is -0.142. The smallest absolute Gasteiger partial charge is 0.407 e. The molecule has 34 heteroatoms. The van der Waals surface area contributed by atoms with Crippen molar-refractivity contribution in [3.8, 4) is 34.6 Å². The third-order valence-electron chi connectivity index (χ3n) is 16.0. The number of phenolic OH excluding ortho intramolecular Hbond substituents is 2. The molecule has 2 aliphatic rings. The molecule has 0 fully saturated rings. The van der Waals surface area contributed by atoms with Gasteiger partial charge in [0, 0.05) is 83.8 Å². The molecule has 520 valence electrons. The van der Waals surface area contributed by atoms with E-state index in [-0.39, 0.29) is 121 Å². The van der Waals surface area contributed by atoms with E-state index in [9.17, 15) is 63.9 Å². The number of thiocarbonyl (C=S) groups is 1. The molecule has 17 N–H and O–H groups in total. The van der Waals surface area contributed by atoms with Crippen molar-refractivity contribution in [1.29, 1.82) is 0 Å². The number of anilines is 3. The molecule has 1 spiro atoms. The van der Waals surface area contributed by atoms with Crippen molar-refractivity contribution in [2.45, 2.75) is 88.1 Å². The van der Waals surface area contributed by atoms with Crippen LogP contribution in [0.15, 0.2) is 116 Å². The summed E-state index contributed by atoms with van der Waals surface area (Å²) in [4.78, 5) is 120. The number of aliphatic carboxylic acids is 2. The summed E-state index contributed by atoms with van der Waals surface area (Å²) in [6, 6.07) is 22.5. The largest absolute Gasteiger partial charge is 0.508 e. The summed E-state index contributed by atoms with van der Waals surface area (Å²) in [5.74, 6) is -6.21. The van der Waals surface area contributed by atoms with Crippen molar-refractivity contribution >= 4 is 93.4 Å². The van der Waals surface area contributed by atoms with Crippen LogP contribution >= 0.6 is 12.2 Å². The molecule has 2 aliphatic heterocycles. The van der Waals surface area contributed by atoms with Gasteiger partial charge in [-0.1, -0.05) is 11.3 Å². The van der Waals surface area contributed by atoms with Crippen molar-refractivity contribution in [3.63, 3.8) is 0 Å². The Kier molecular flexibility index (Phi) is 22.7. The molecule has 5 heterocycles. The zero-order valence-corrected chi connectivity index (χ0v) is 54.0. The van der Waals surface area contributed by atoms with Gasteiger partial charge in [0.1, 0.15) is 41.1 Å². The third kappa shape index (κ3) is 17.4. The minimum absolute atomic E-state index is 0.0100. The number of carbonyl (C=O) groups is 8. The van der Waals surface area contributed by atoms with Crippen molar-refractivity contribution in [2.24, 2.45) is 5.73 Å². The minimum atomic E-state index is -1.52. The fourth-order valence-electron chi connectivity index (χ4n) is 11.0. The maximum atomic E-state index is 13.6. The Balaban J connectivity index is 0.628. The molecule has 0 aliphatic carbocycles. The third-order valence-corrected chi connectivity index (χ3v) is 16.2. The monoisotopic (exact) mass is 1390 g/mol. The number of carboxylic acids is 2. The molecule has 8 aromatic rings. The van der Waals surface area contributed by atoms with Gasteiger partial charge in [0.25, 0.3) is 11.8 Å². The number of ether oxygens (including phenoxy) is 3. The fourth-order valence-corrected chi connectivity index (χ4v) is 11.2. The molecule has 10 rings (SSSR count). The summed E-state index contributed by atoms with van der Waals surface area (Å²) in [6.45, 7) is 0.949. The van der Waals surface area contributed by atoms with E-state index in [1.807, 2.05) is 0 Å². The number of hydrogen-bond acceptors (Lipinski definition) is 24. The molecule has 3 aromatic heterocycles. The number of fused-ring (bicyclic) bond motifs is 7. The van der Waals surface area contributed by atoms with Gasteiger partial charge in [-0.25, -0.2) is 33.8 Å². The van der Waals surface area contributed by atoms with E-state index in [2.05, 4.69) is 72.8 Å². The number of nitrogens with zero attached hydrogens (tertiary/aromatic N) is 7. The summed E-state index contributed by atoms with van der Waals surface area (Å²) in [5, 5.41) is 81.0. The van der Waals surface area contributed by atoms with Gasteiger partial charge in [-0.3, -0.25) is 19.2 Å². The topological polar surface area (TPSA) is 496 Å². The molecule has 33 nitrogen and oxygen atoms in total. The number of nitrogen functional groups attached to an aromatic ring is 1. The summed E-state index contributed by atoms with van der Waals surface area (Å²) >= 11 is 5.48. The van der Waals surface area contributed by atoms with Crippen LogP contribution in [0.25, 0.3) is 16.9 Å². The van der Waals surface area contributed by atoms with Gasteiger partial charge in [-0.05, 0) is 149 Å². The number of amides is 5. The number of alkyl carbamates (subject to hydrolysis) is 1. The molecule has 0 bridgehead atoms. The van der Waals surface area contributed by atoms with Gasteiger partial charge in [-0.15, -0.1) is 5.10 Å². The molecule has 0 saturated heterocycles. The molecule has 0 radical (unpaired) electrons. The number of benzene rings is 5. The van der Waals surface area contributed by atoms with Crippen LogP contribution in [0, 0.1) is 0 Å². The second-order valence-corrected chi connectivity index (χ2v) is 23.4. The molecule has 100 heavy (non-hydrogen) atoms. The average Bonchev–Trinajstić information content (AvgIpc) is 1.48. The Bertz CT molecular complexity index is 4360. The number of rotatable bonds is 31. The Morgan fingerprint density at radius 2 is 1.32 bits per heavy atom. The normalized spacial score (nSPS) is 13.2. The van der Waals surface area contributed by atoms with Crippen LogP contribution in [0.3, 0.4) is 0 Å². The second kappa shape index (κ2) is 32.1. The summed E-state index contributed by atoms with van der Waals surface area (Å²) in [5.41, 5.74) is 14.6. The number of unbranched alkanes of at least 4 members (excludes halogenated alkanes) is 2. The maximum absolute atomic E-state index is 13.6. The highest BCUT2D eigenvalue weighted by Crippen LogP contribution is 2.57. The van der Waals surface area contributed by atoms with Crippen LogP contribution in [0.5, 0.6) is 28.9 Å². The first-order chi connectivity index (χ1) is 48.1. The van der Waals surface area contributed by atoms with Gasteiger partial charge >= 0.3 is 24.0 Å². The molecule has 3 atom stereocenters. The number of esters is 1. The second-order valence-electron chi connectivity index (χ2n) is 23.0. The number of carbonyl (C=O) groups excluding carboxylic acids is 6. The first-order valence-corrected chi connectivity index (χ1v) is 31.9. The summed E-state index contributed by atoms with van der Waals surface area (Å²) < 4.78 is 19.0. The molecule has 0 unspecified atom stereocenters. The SMILES string of the molecule is NCCCC[C@@H](NC(=O)[C@H](CCCCNC(=O)c1ccc(-n2cc(CCOC(=O)NCCNC(=S)Nc3ccc4c(c3)C(=O)OC43c4ccc(O)cc4Oc4cc(O)ccc43)nn2)cc1)NC(=O)CC[C@H](NC(=O)c1ccc(NCc2cnc3nc(N)nc(O)c3n2)cc1)C(=O)O)C(=O)O. The average molecular weight is 1390 g/mol. The number of phenols is 2. The van der Waals surface area contributed by atoms with Crippen molar-refractivity contribution in [2.75, 3.05) is 49.2 Å². The lowest BCUT2D eigenvalue weighted by Gasteiger charge is -2.36. The Labute approximate surface area is 573 Å². The van der Waals surface area contributed by atoms with E-state index in [1.165, 1.54) is 47.3 Å². The van der Waals surface area contributed by atoms with Gasteiger partial charge in [0.15, 0.2) is 21.9 Å². The van der Waals surface area contributed by atoms with Crippen LogP contribution in [-0.2, 0) is 47.2 Å². The Morgan fingerprint density at radius 3 is 2.03 bits per heavy atom. The van der Waals surface area contributed by atoms with E-state index in [0.29, 0.717) is 76.5 Å². The standard InChI is InChI=1S/C66H69N17O16S/c67-24-3-1-6-49(60(91)92)78-58(89)48(76-53(86)22-21-50(61(93)94)77-57(88)36-7-11-37(12-8-36)72-32-40-33-73-55-54(74-40)59(90)80-63(68)79-55)5-2-4-25-69-56(87)35-9-14-41(15-10-35)83-34-39(81-82-83)23-28-97-65(96)71-27-26-70-64(100)75-38-13-18-45-44(29-38)62(95)99-66(45)46-19-16-42(84)30-51(46)98-52-31-43(85)17-20-47(52)66/h7-20,29-31,33-34,48-50,72,84-85H,1-6,21-28,32,67H2,(H,69,87)(H,71,96)(H,76,86)(H,77,88)(H,78,89)(H,91,92)(H,93,94)(H2,70,75,100)(H3,68,73,79,80,90)/t48-,49+,50-/m0/s1. The number of nitrogens with two attached hydrogens (primary N) is 2. The predicted octanol–water partition coefficient (Wildman–Crippen LogP) is 3.88. The highest BCUT2D eigenvalue weighted by atomic mass is 32.1. The van der Waals surface area contributed by atoms with Crippen molar-refractivity contribution in [1.82, 2.24) is 66.8 Å². The number of nitrogens with one attached hydrogen (secondary N) is 8. The Morgan fingerprint density at radius 1 is 0.670 bits per heavy atom. The van der Waals surface area contributed by atoms with Gasteiger partial charge < -0.3 is 93.7 Å². The molecule has 0 saturated carbocycles. The zero-order valence-electron chi connectivity index (χ0n) is 53.2.